The van der Waals surface area contributed by atoms with E-state index in [4.69, 9.17) is 4.74 Å². The van der Waals surface area contributed by atoms with Crippen molar-refractivity contribution in [2.75, 3.05) is 17.2 Å². The lowest BCUT2D eigenvalue weighted by Gasteiger charge is -2.09. The van der Waals surface area contributed by atoms with Crippen LogP contribution in [-0.4, -0.2) is 18.4 Å². The normalized spacial score (nSPS) is 10.2. The molecule has 0 heterocycles. The van der Waals surface area contributed by atoms with Crippen LogP contribution in [0.1, 0.15) is 27.6 Å². The van der Waals surface area contributed by atoms with Crippen LogP contribution in [0, 0.1) is 0 Å². The summed E-state index contributed by atoms with van der Waals surface area (Å²) in [4.78, 5) is 24.7. The highest BCUT2D eigenvalue weighted by molar-refractivity contribution is 9.10. The number of hydrogen-bond acceptors (Lipinski definition) is 3. The minimum Gasteiger partial charge on any atom is -0.494 e. The Hall–Kier alpha value is -3.12. The van der Waals surface area contributed by atoms with Gasteiger partial charge in [-0.2, -0.15) is 0 Å². The summed E-state index contributed by atoms with van der Waals surface area (Å²) >= 11 is 3.36. The van der Waals surface area contributed by atoms with E-state index in [1.165, 1.54) is 0 Å². The second kappa shape index (κ2) is 9.19. The zero-order chi connectivity index (χ0) is 19.9. The van der Waals surface area contributed by atoms with Gasteiger partial charge in [-0.15, -0.1) is 0 Å². The molecule has 3 rings (SSSR count). The molecule has 6 heteroatoms. The van der Waals surface area contributed by atoms with E-state index in [0.29, 0.717) is 29.1 Å². The summed E-state index contributed by atoms with van der Waals surface area (Å²) in [5.74, 6) is 0.303. The lowest BCUT2D eigenvalue weighted by atomic mass is 10.1. The molecule has 142 valence electrons. The molecule has 28 heavy (non-hydrogen) atoms. The summed E-state index contributed by atoms with van der Waals surface area (Å²) in [7, 11) is 0. The lowest BCUT2D eigenvalue weighted by molar-refractivity contribution is 0.101. The molecule has 0 aliphatic heterocycles. The number of rotatable bonds is 6. The van der Waals surface area contributed by atoms with E-state index in [1.807, 2.05) is 19.1 Å². The highest BCUT2D eigenvalue weighted by Crippen LogP contribution is 2.19. The van der Waals surface area contributed by atoms with E-state index in [-0.39, 0.29) is 11.8 Å². The maximum absolute atomic E-state index is 12.4. The zero-order valence-corrected chi connectivity index (χ0v) is 16.8. The van der Waals surface area contributed by atoms with Crippen LogP contribution >= 0.6 is 15.9 Å². The molecule has 0 aliphatic rings. The Morgan fingerprint density at radius 3 is 2.00 bits per heavy atom. The average molecular weight is 439 g/mol. The third-order valence-electron chi connectivity index (χ3n) is 3.95. The van der Waals surface area contributed by atoms with Crippen molar-refractivity contribution >= 4 is 39.1 Å². The Balaban J connectivity index is 1.62. The molecule has 0 atom stereocenters. The fourth-order valence-electron chi connectivity index (χ4n) is 2.55. The number of hydrogen-bond donors (Lipinski definition) is 2. The molecule has 0 spiro atoms. The van der Waals surface area contributed by atoms with Crippen molar-refractivity contribution in [1.29, 1.82) is 0 Å². The summed E-state index contributed by atoms with van der Waals surface area (Å²) < 4.78 is 6.11. The topological polar surface area (TPSA) is 67.4 Å². The van der Waals surface area contributed by atoms with Crippen LogP contribution in [0.15, 0.2) is 77.3 Å². The zero-order valence-electron chi connectivity index (χ0n) is 15.2. The van der Waals surface area contributed by atoms with Crippen molar-refractivity contribution in [1.82, 2.24) is 0 Å². The molecule has 0 saturated heterocycles. The van der Waals surface area contributed by atoms with E-state index in [9.17, 15) is 9.59 Å². The highest BCUT2D eigenvalue weighted by atomic mass is 79.9. The van der Waals surface area contributed by atoms with E-state index in [1.54, 1.807) is 60.7 Å². The molecule has 5 nitrogen and oxygen atoms in total. The maximum Gasteiger partial charge on any atom is 0.256 e. The average Bonchev–Trinajstić information content (AvgIpc) is 2.70. The number of benzene rings is 3. The molecule has 0 fully saturated rings. The van der Waals surface area contributed by atoms with Gasteiger partial charge in [0.05, 0.1) is 12.2 Å². The minimum absolute atomic E-state index is 0.223. The molecule has 0 unspecified atom stereocenters. The lowest BCUT2D eigenvalue weighted by Crippen LogP contribution is -2.14. The van der Waals surface area contributed by atoms with Gasteiger partial charge in [-0.25, -0.2) is 0 Å². The molecule has 3 aromatic rings. The monoisotopic (exact) mass is 438 g/mol. The van der Waals surface area contributed by atoms with Gasteiger partial charge in [-0.1, -0.05) is 12.1 Å². The van der Waals surface area contributed by atoms with Gasteiger partial charge in [0, 0.05) is 21.4 Å². The van der Waals surface area contributed by atoms with E-state index in [2.05, 4.69) is 26.6 Å². The molecule has 0 aliphatic carbocycles. The molecular weight excluding hydrogens is 420 g/mol. The molecule has 0 bridgehead atoms. The van der Waals surface area contributed by atoms with Crippen molar-refractivity contribution in [3.05, 3.63) is 88.4 Å². The Kier molecular flexibility index (Phi) is 6.45. The van der Waals surface area contributed by atoms with Gasteiger partial charge in [0.1, 0.15) is 5.75 Å². The van der Waals surface area contributed by atoms with Crippen molar-refractivity contribution in [2.24, 2.45) is 0 Å². The minimum atomic E-state index is -0.229. The largest absolute Gasteiger partial charge is 0.494 e. The first-order valence-electron chi connectivity index (χ1n) is 8.77. The van der Waals surface area contributed by atoms with Crippen molar-refractivity contribution in [3.63, 3.8) is 0 Å². The summed E-state index contributed by atoms with van der Waals surface area (Å²) in [6, 6.07) is 21.1. The molecular formula is C22H19BrN2O3. The number of ether oxygens (including phenoxy) is 1. The number of amides is 2. The standard InChI is InChI=1S/C22H19BrN2O3/c1-2-28-18-13-11-17(12-14-18)24-21(26)15-7-9-16(10-8-15)25-22(27)19-5-3-4-6-20(19)23/h3-14H,2H2,1H3,(H,24,26)(H,25,27). The van der Waals surface area contributed by atoms with Gasteiger partial charge < -0.3 is 15.4 Å². The fraction of sp³-hybridized carbons (Fsp3) is 0.0909. The summed E-state index contributed by atoms with van der Waals surface area (Å²) in [5, 5.41) is 5.65. The molecule has 0 saturated carbocycles. The SMILES string of the molecule is CCOc1ccc(NC(=O)c2ccc(NC(=O)c3ccccc3Br)cc2)cc1. The van der Waals surface area contributed by atoms with Gasteiger partial charge in [0.15, 0.2) is 0 Å². The molecule has 2 amide bonds. The van der Waals surface area contributed by atoms with E-state index >= 15 is 0 Å². The van der Waals surface area contributed by atoms with E-state index < -0.39 is 0 Å². The van der Waals surface area contributed by atoms with E-state index in [0.717, 1.165) is 10.2 Å². The Bertz CT molecular complexity index is 970. The first-order valence-corrected chi connectivity index (χ1v) is 9.56. The number of nitrogens with one attached hydrogen (secondary N) is 2. The first-order chi connectivity index (χ1) is 13.6. The van der Waals surface area contributed by atoms with Gasteiger partial charge in [0.2, 0.25) is 0 Å². The first kappa shape index (κ1) is 19.6. The Morgan fingerprint density at radius 2 is 1.39 bits per heavy atom. The van der Waals surface area contributed by atoms with Gasteiger partial charge in [-0.3, -0.25) is 9.59 Å². The smallest absolute Gasteiger partial charge is 0.256 e. The van der Waals surface area contributed by atoms with Crippen LogP contribution in [-0.2, 0) is 0 Å². The van der Waals surface area contributed by atoms with Gasteiger partial charge in [-0.05, 0) is 83.5 Å². The van der Waals surface area contributed by atoms with Crippen LogP contribution in [0.5, 0.6) is 5.75 Å². The molecule has 0 radical (unpaired) electrons. The number of anilines is 2. The van der Waals surface area contributed by atoms with Crippen LogP contribution in [0.2, 0.25) is 0 Å². The van der Waals surface area contributed by atoms with Crippen molar-refractivity contribution in [2.45, 2.75) is 6.92 Å². The second-order valence-electron chi connectivity index (χ2n) is 5.92. The third kappa shape index (κ3) is 4.98. The summed E-state index contributed by atoms with van der Waals surface area (Å²) in [5.41, 5.74) is 2.32. The maximum atomic E-state index is 12.4. The van der Waals surface area contributed by atoms with Gasteiger partial charge in [0.25, 0.3) is 11.8 Å². The predicted molar refractivity (Wildman–Crippen MR) is 114 cm³/mol. The summed E-state index contributed by atoms with van der Waals surface area (Å²) in [6.07, 6.45) is 0. The highest BCUT2D eigenvalue weighted by Gasteiger charge is 2.11. The Labute approximate surface area is 171 Å². The second-order valence-corrected chi connectivity index (χ2v) is 6.78. The quantitative estimate of drug-likeness (QED) is 0.544. The fourth-order valence-corrected chi connectivity index (χ4v) is 3.02. The third-order valence-corrected chi connectivity index (χ3v) is 4.64. The molecule has 2 N–H and O–H groups in total. The number of carbonyl (C=O) groups excluding carboxylic acids is 2. The van der Waals surface area contributed by atoms with Crippen LogP contribution in [0.3, 0.4) is 0 Å². The van der Waals surface area contributed by atoms with Gasteiger partial charge >= 0.3 is 0 Å². The molecule has 3 aromatic carbocycles. The number of carbonyl (C=O) groups is 2. The van der Waals surface area contributed by atoms with Crippen molar-refractivity contribution < 1.29 is 14.3 Å². The summed E-state index contributed by atoms with van der Waals surface area (Å²) in [6.45, 7) is 2.51. The van der Waals surface area contributed by atoms with Crippen LogP contribution in [0.25, 0.3) is 0 Å². The Morgan fingerprint density at radius 1 is 0.821 bits per heavy atom. The number of halogens is 1. The van der Waals surface area contributed by atoms with Crippen LogP contribution in [0.4, 0.5) is 11.4 Å². The molecule has 0 aromatic heterocycles. The van der Waals surface area contributed by atoms with Crippen molar-refractivity contribution in [3.8, 4) is 5.75 Å². The van der Waals surface area contributed by atoms with Crippen LogP contribution < -0.4 is 15.4 Å². The predicted octanol–water partition coefficient (Wildman–Crippen LogP) is 5.35.